The van der Waals surface area contributed by atoms with Gasteiger partial charge in [-0.2, -0.15) is 0 Å². The second-order valence-electron chi connectivity index (χ2n) is 2.30. The summed E-state index contributed by atoms with van der Waals surface area (Å²) in [6.45, 7) is 5.74. The zero-order valence-corrected chi connectivity index (χ0v) is 9.21. The molecule has 0 amide bonds. The quantitative estimate of drug-likeness (QED) is 0.606. The largest absolute Gasteiger partial charge is 0.311 e. The number of allylic oxidation sites excluding steroid dienone is 1. The number of anilines is 1. The molecule has 0 fully saturated rings. The third-order valence-electron chi connectivity index (χ3n) is 1.12. The second-order valence-corrected chi connectivity index (χ2v) is 4.48. The number of amidine groups is 1. The summed E-state index contributed by atoms with van der Waals surface area (Å²) in [6.07, 6.45) is 1.76. The normalized spacial score (nSPS) is 11.4. The van der Waals surface area contributed by atoms with Crippen molar-refractivity contribution in [3.8, 4) is 0 Å². The van der Waals surface area contributed by atoms with Crippen molar-refractivity contribution in [2.45, 2.75) is 6.92 Å². The molecule has 0 aliphatic heterocycles. The van der Waals surface area contributed by atoms with E-state index in [9.17, 15) is 0 Å². The zero-order valence-electron chi connectivity index (χ0n) is 7.57. The van der Waals surface area contributed by atoms with E-state index >= 15 is 0 Å². The maximum atomic E-state index is 4.09. The van der Waals surface area contributed by atoms with Crippen LogP contribution in [0.2, 0.25) is 0 Å². The van der Waals surface area contributed by atoms with Crippen LogP contribution in [0.25, 0.3) is 0 Å². The van der Waals surface area contributed by atoms with Gasteiger partial charge in [0.15, 0.2) is 10.3 Å². The Bertz CT molecular complexity index is 303. The van der Waals surface area contributed by atoms with Crippen molar-refractivity contribution in [3.05, 3.63) is 23.1 Å². The molecule has 0 aliphatic carbocycles. The molecule has 0 saturated carbocycles. The maximum Gasteiger partial charge on any atom is 0.188 e. The molecule has 0 unspecified atom stereocenters. The van der Waals surface area contributed by atoms with Crippen molar-refractivity contribution >= 4 is 33.4 Å². The van der Waals surface area contributed by atoms with E-state index in [1.807, 2.05) is 12.3 Å². The predicted molar refractivity (Wildman–Crippen MR) is 61.5 cm³/mol. The lowest BCUT2D eigenvalue weighted by Gasteiger charge is -2.04. The van der Waals surface area contributed by atoms with Crippen LogP contribution in [-0.4, -0.2) is 17.2 Å². The molecular formula is C8H11N3S2. The average Bonchev–Trinajstić information content (AvgIpc) is 2.55. The van der Waals surface area contributed by atoms with Gasteiger partial charge in [0.25, 0.3) is 0 Å². The van der Waals surface area contributed by atoms with Crippen molar-refractivity contribution in [2.75, 3.05) is 12.4 Å². The van der Waals surface area contributed by atoms with Gasteiger partial charge < -0.3 is 5.32 Å². The molecular weight excluding hydrogens is 202 g/mol. The molecule has 1 rings (SSSR count). The standard InChI is InChI=1S/C8H11N3S2/c1-6(2)13-7(9-3)11-8-10-4-5-12-8/h4-5H,1H2,2-3H3,(H,9,10,11). The molecule has 13 heavy (non-hydrogen) atoms. The van der Waals surface area contributed by atoms with Gasteiger partial charge in [-0.05, 0) is 11.8 Å². The molecule has 1 aromatic heterocycles. The van der Waals surface area contributed by atoms with Gasteiger partial charge in [-0.25, -0.2) is 4.98 Å². The Morgan fingerprint density at radius 2 is 2.54 bits per heavy atom. The Balaban J connectivity index is 2.56. The molecule has 0 saturated heterocycles. The van der Waals surface area contributed by atoms with E-state index in [-0.39, 0.29) is 0 Å². The van der Waals surface area contributed by atoms with Crippen molar-refractivity contribution < 1.29 is 0 Å². The van der Waals surface area contributed by atoms with E-state index in [2.05, 4.69) is 21.9 Å². The molecule has 0 aliphatic rings. The summed E-state index contributed by atoms with van der Waals surface area (Å²) >= 11 is 3.06. The van der Waals surface area contributed by atoms with Crippen molar-refractivity contribution in [2.24, 2.45) is 4.99 Å². The highest BCUT2D eigenvalue weighted by Gasteiger charge is 2.01. The van der Waals surface area contributed by atoms with Gasteiger partial charge in [0.1, 0.15) is 0 Å². The molecule has 70 valence electrons. The van der Waals surface area contributed by atoms with Gasteiger partial charge in [0, 0.05) is 18.6 Å². The lowest BCUT2D eigenvalue weighted by atomic mass is 10.8. The second kappa shape index (κ2) is 5.04. The first-order valence-electron chi connectivity index (χ1n) is 3.69. The molecule has 0 spiro atoms. The number of nitrogens with zero attached hydrogens (tertiary/aromatic N) is 2. The van der Waals surface area contributed by atoms with Gasteiger partial charge in [-0.1, -0.05) is 18.3 Å². The minimum Gasteiger partial charge on any atom is -0.311 e. The summed E-state index contributed by atoms with van der Waals surface area (Å²) < 4.78 is 0. The molecule has 1 N–H and O–H groups in total. The lowest BCUT2D eigenvalue weighted by molar-refractivity contribution is 1.39. The number of rotatable bonds is 2. The zero-order chi connectivity index (χ0) is 9.68. The number of thiazole rings is 1. The SMILES string of the molecule is C=C(C)SC(=NC)Nc1nccs1. The fraction of sp³-hybridized carbons (Fsp3) is 0.250. The first-order chi connectivity index (χ1) is 6.22. The van der Waals surface area contributed by atoms with Gasteiger partial charge in [0.2, 0.25) is 0 Å². The predicted octanol–water partition coefficient (Wildman–Crippen LogP) is 2.81. The van der Waals surface area contributed by atoms with Gasteiger partial charge >= 0.3 is 0 Å². The molecule has 1 heterocycles. The molecule has 3 nitrogen and oxygen atoms in total. The minimum atomic E-state index is 0.822. The smallest absolute Gasteiger partial charge is 0.188 e. The summed E-state index contributed by atoms with van der Waals surface area (Å²) in [5.41, 5.74) is 0. The van der Waals surface area contributed by atoms with E-state index in [4.69, 9.17) is 0 Å². The number of hydrogen-bond donors (Lipinski definition) is 1. The van der Waals surface area contributed by atoms with E-state index in [0.717, 1.165) is 15.2 Å². The molecule has 0 atom stereocenters. The molecule has 0 aromatic carbocycles. The Morgan fingerprint density at radius 1 is 1.77 bits per heavy atom. The lowest BCUT2D eigenvalue weighted by Crippen LogP contribution is -2.06. The van der Waals surface area contributed by atoms with E-state index < -0.39 is 0 Å². The number of hydrogen-bond acceptors (Lipinski definition) is 4. The fourth-order valence-corrected chi connectivity index (χ4v) is 1.83. The average molecular weight is 213 g/mol. The summed E-state index contributed by atoms with van der Waals surface area (Å²) in [4.78, 5) is 9.18. The van der Waals surface area contributed by atoms with Crippen LogP contribution in [0.3, 0.4) is 0 Å². The van der Waals surface area contributed by atoms with Crippen LogP contribution in [0, 0.1) is 0 Å². The first kappa shape index (κ1) is 10.3. The van der Waals surface area contributed by atoms with Crippen LogP contribution in [0.4, 0.5) is 5.13 Å². The van der Waals surface area contributed by atoms with Gasteiger partial charge in [-0.3, -0.25) is 4.99 Å². The Hall–Kier alpha value is -0.810. The Kier molecular flexibility index (Phi) is 3.98. The monoisotopic (exact) mass is 213 g/mol. The van der Waals surface area contributed by atoms with Gasteiger partial charge in [0.05, 0.1) is 0 Å². The van der Waals surface area contributed by atoms with E-state index in [1.165, 1.54) is 11.8 Å². The number of thioether (sulfide) groups is 1. The van der Waals surface area contributed by atoms with Crippen molar-refractivity contribution in [3.63, 3.8) is 0 Å². The number of nitrogens with one attached hydrogen (secondary N) is 1. The fourth-order valence-electron chi connectivity index (χ4n) is 0.669. The van der Waals surface area contributed by atoms with Crippen LogP contribution in [0.5, 0.6) is 0 Å². The summed E-state index contributed by atoms with van der Waals surface area (Å²) in [5.74, 6) is 0. The topological polar surface area (TPSA) is 37.3 Å². The molecule has 0 radical (unpaired) electrons. The number of aromatic nitrogens is 1. The van der Waals surface area contributed by atoms with Crippen LogP contribution in [0.1, 0.15) is 6.92 Å². The summed E-state index contributed by atoms with van der Waals surface area (Å²) in [7, 11) is 1.74. The van der Waals surface area contributed by atoms with Crippen LogP contribution >= 0.6 is 23.1 Å². The van der Waals surface area contributed by atoms with Crippen LogP contribution in [0.15, 0.2) is 28.1 Å². The molecule has 1 aromatic rings. The third-order valence-corrected chi connectivity index (χ3v) is 2.64. The maximum absolute atomic E-state index is 4.09. The highest BCUT2D eigenvalue weighted by Crippen LogP contribution is 2.18. The summed E-state index contributed by atoms with van der Waals surface area (Å²) in [5, 5.41) is 6.69. The Labute approximate surface area is 86.0 Å². The number of aliphatic imine (C=N–C) groups is 1. The highest BCUT2D eigenvalue weighted by molar-refractivity contribution is 8.17. The van der Waals surface area contributed by atoms with E-state index in [1.54, 1.807) is 24.6 Å². The Morgan fingerprint density at radius 3 is 3.00 bits per heavy atom. The van der Waals surface area contributed by atoms with Gasteiger partial charge in [-0.15, -0.1) is 11.3 Å². The van der Waals surface area contributed by atoms with Crippen molar-refractivity contribution in [1.29, 1.82) is 0 Å². The summed E-state index contributed by atoms with van der Waals surface area (Å²) in [6, 6.07) is 0. The minimum absolute atomic E-state index is 0.822. The van der Waals surface area contributed by atoms with Crippen LogP contribution in [-0.2, 0) is 0 Å². The highest BCUT2D eigenvalue weighted by atomic mass is 32.2. The van der Waals surface area contributed by atoms with Crippen LogP contribution < -0.4 is 5.32 Å². The van der Waals surface area contributed by atoms with E-state index in [0.29, 0.717) is 0 Å². The third kappa shape index (κ3) is 3.61. The molecule has 0 bridgehead atoms. The molecule has 5 heteroatoms. The first-order valence-corrected chi connectivity index (χ1v) is 5.38. The van der Waals surface area contributed by atoms with Crippen molar-refractivity contribution in [1.82, 2.24) is 4.98 Å².